The third-order valence-corrected chi connectivity index (χ3v) is 3.35. The van der Waals surface area contributed by atoms with Crippen LogP contribution < -0.4 is 0 Å². The summed E-state index contributed by atoms with van der Waals surface area (Å²) in [6, 6.07) is 3.90. The van der Waals surface area contributed by atoms with Crippen LogP contribution in [0.2, 0.25) is 0 Å². The van der Waals surface area contributed by atoms with Crippen LogP contribution in [-0.2, 0) is 11.3 Å². The van der Waals surface area contributed by atoms with Gasteiger partial charge in [0, 0.05) is 28.9 Å². The minimum absolute atomic E-state index is 0.158. The van der Waals surface area contributed by atoms with Gasteiger partial charge in [-0.15, -0.1) is 11.3 Å². The number of aliphatic hydroxyl groups excluding tert-OH is 1. The van der Waals surface area contributed by atoms with E-state index in [9.17, 15) is 4.79 Å². The maximum atomic E-state index is 10.4. The molecule has 0 saturated carbocycles. The van der Waals surface area contributed by atoms with Crippen molar-refractivity contribution in [3.8, 4) is 0 Å². The van der Waals surface area contributed by atoms with E-state index in [-0.39, 0.29) is 6.61 Å². The molecule has 1 aromatic heterocycles. The molecule has 0 aliphatic heterocycles. The fourth-order valence-corrected chi connectivity index (χ4v) is 2.39. The molecule has 4 nitrogen and oxygen atoms in total. The van der Waals surface area contributed by atoms with Gasteiger partial charge < -0.3 is 10.2 Å². The SMILES string of the molecule is CCN(CCO)Cc1ccc(C=CC(=O)O)s1. The van der Waals surface area contributed by atoms with Gasteiger partial charge in [0.2, 0.25) is 0 Å². The predicted octanol–water partition coefficient (Wildman–Crippen LogP) is 1.66. The molecule has 0 fully saturated rings. The molecule has 0 spiro atoms. The molecule has 17 heavy (non-hydrogen) atoms. The smallest absolute Gasteiger partial charge is 0.328 e. The molecule has 0 saturated heterocycles. The first-order valence-corrected chi connectivity index (χ1v) is 6.30. The van der Waals surface area contributed by atoms with Crippen LogP contribution in [0, 0.1) is 0 Å². The van der Waals surface area contributed by atoms with E-state index in [2.05, 4.69) is 11.8 Å². The number of nitrogens with zero attached hydrogens (tertiary/aromatic N) is 1. The Bertz CT molecular complexity index is 387. The van der Waals surface area contributed by atoms with Gasteiger partial charge in [0.15, 0.2) is 0 Å². The van der Waals surface area contributed by atoms with Gasteiger partial charge in [0.25, 0.3) is 0 Å². The van der Waals surface area contributed by atoms with E-state index in [4.69, 9.17) is 10.2 Å². The molecule has 0 aliphatic rings. The van der Waals surface area contributed by atoms with Gasteiger partial charge in [0.1, 0.15) is 0 Å². The molecule has 1 aromatic rings. The highest BCUT2D eigenvalue weighted by Gasteiger charge is 2.04. The van der Waals surface area contributed by atoms with Gasteiger partial charge in [-0.3, -0.25) is 4.90 Å². The molecule has 0 amide bonds. The van der Waals surface area contributed by atoms with Gasteiger partial charge in [-0.1, -0.05) is 6.92 Å². The number of carbonyl (C=O) groups is 1. The Labute approximate surface area is 105 Å². The lowest BCUT2D eigenvalue weighted by atomic mass is 10.3. The van der Waals surface area contributed by atoms with Crippen molar-refractivity contribution in [3.63, 3.8) is 0 Å². The Hall–Kier alpha value is -1.17. The Balaban J connectivity index is 2.58. The maximum absolute atomic E-state index is 10.4. The normalized spacial score (nSPS) is 11.5. The first-order chi connectivity index (χ1) is 8.15. The first-order valence-electron chi connectivity index (χ1n) is 5.48. The molecule has 2 N–H and O–H groups in total. The number of likely N-dealkylation sites (N-methyl/N-ethyl adjacent to an activating group) is 1. The van der Waals surface area contributed by atoms with Crippen LogP contribution in [0.5, 0.6) is 0 Å². The summed E-state index contributed by atoms with van der Waals surface area (Å²) >= 11 is 1.57. The van der Waals surface area contributed by atoms with Gasteiger partial charge in [-0.05, 0) is 24.8 Å². The Morgan fingerprint density at radius 1 is 1.53 bits per heavy atom. The van der Waals surface area contributed by atoms with Crippen LogP contribution in [0.15, 0.2) is 18.2 Å². The highest BCUT2D eigenvalue weighted by atomic mass is 32.1. The highest BCUT2D eigenvalue weighted by Crippen LogP contribution is 2.19. The third-order valence-electron chi connectivity index (χ3n) is 2.32. The highest BCUT2D eigenvalue weighted by molar-refractivity contribution is 7.12. The summed E-state index contributed by atoms with van der Waals surface area (Å²) in [4.78, 5) is 14.6. The van der Waals surface area contributed by atoms with E-state index in [1.807, 2.05) is 12.1 Å². The number of aliphatic carboxylic acids is 1. The van der Waals surface area contributed by atoms with Crippen molar-refractivity contribution in [1.82, 2.24) is 4.90 Å². The van der Waals surface area contributed by atoms with Crippen molar-refractivity contribution in [2.24, 2.45) is 0 Å². The van der Waals surface area contributed by atoms with Gasteiger partial charge in [-0.2, -0.15) is 0 Å². The molecule has 94 valence electrons. The molecular weight excluding hydrogens is 238 g/mol. The zero-order valence-electron chi connectivity index (χ0n) is 9.80. The van der Waals surface area contributed by atoms with Crippen LogP contribution in [0.4, 0.5) is 0 Å². The van der Waals surface area contributed by atoms with E-state index in [0.29, 0.717) is 6.54 Å². The molecule has 0 atom stereocenters. The molecule has 0 radical (unpaired) electrons. The largest absolute Gasteiger partial charge is 0.478 e. The monoisotopic (exact) mass is 255 g/mol. The lowest BCUT2D eigenvalue weighted by Gasteiger charge is -2.17. The summed E-state index contributed by atoms with van der Waals surface area (Å²) in [5, 5.41) is 17.4. The van der Waals surface area contributed by atoms with Crippen molar-refractivity contribution < 1.29 is 15.0 Å². The number of carboxylic acid groups (broad SMARTS) is 1. The summed E-state index contributed by atoms with van der Waals surface area (Å²) in [6.45, 7) is 4.55. The number of carboxylic acids is 1. The van der Waals surface area contributed by atoms with Crippen molar-refractivity contribution >= 4 is 23.4 Å². The summed E-state index contributed by atoms with van der Waals surface area (Å²) in [5.41, 5.74) is 0. The summed E-state index contributed by atoms with van der Waals surface area (Å²) in [5.74, 6) is -0.935. The van der Waals surface area contributed by atoms with Crippen molar-refractivity contribution in [3.05, 3.63) is 28.0 Å². The van der Waals surface area contributed by atoms with Gasteiger partial charge in [0.05, 0.1) is 6.61 Å². The Kier molecular flexibility index (Phi) is 5.90. The molecule has 0 bridgehead atoms. The van der Waals surface area contributed by atoms with E-state index >= 15 is 0 Å². The van der Waals surface area contributed by atoms with E-state index < -0.39 is 5.97 Å². The first kappa shape index (κ1) is 13.9. The Morgan fingerprint density at radius 2 is 2.29 bits per heavy atom. The molecule has 1 heterocycles. The summed E-state index contributed by atoms with van der Waals surface area (Å²) in [6.07, 6.45) is 2.74. The molecule has 1 rings (SSSR count). The topological polar surface area (TPSA) is 60.8 Å². The number of rotatable bonds is 7. The molecule has 0 unspecified atom stereocenters. The molecule has 0 aliphatic carbocycles. The van der Waals surface area contributed by atoms with Crippen LogP contribution >= 0.6 is 11.3 Å². The minimum atomic E-state index is -0.935. The van der Waals surface area contributed by atoms with Gasteiger partial charge in [-0.25, -0.2) is 4.79 Å². The predicted molar refractivity (Wildman–Crippen MR) is 69.0 cm³/mol. The van der Waals surface area contributed by atoms with E-state index in [1.54, 1.807) is 17.4 Å². The van der Waals surface area contributed by atoms with Crippen molar-refractivity contribution in [2.45, 2.75) is 13.5 Å². The lowest BCUT2D eigenvalue weighted by molar-refractivity contribution is -0.131. The second-order valence-corrected chi connectivity index (χ2v) is 4.77. The summed E-state index contributed by atoms with van der Waals surface area (Å²) in [7, 11) is 0. The Morgan fingerprint density at radius 3 is 2.88 bits per heavy atom. The quantitative estimate of drug-likeness (QED) is 0.727. The van der Waals surface area contributed by atoms with Crippen LogP contribution in [-0.4, -0.2) is 40.8 Å². The lowest BCUT2D eigenvalue weighted by Crippen LogP contribution is -2.25. The fraction of sp³-hybridized carbons (Fsp3) is 0.417. The second kappa shape index (κ2) is 7.21. The number of hydrogen-bond donors (Lipinski definition) is 2. The minimum Gasteiger partial charge on any atom is -0.478 e. The molecule has 0 aromatic carbocycles. The number of thiophene rings is 1. The average Bonchev–Trinajstić information content (AvgIpc) is 2.73. The van der Waals surface area contributed by atoms with E-state index in [0.717, 1.165) is 24.0 Å². The van der Waals surface area contributed by atoms with Crippen LogP contribution in [0.3, 0.4) is 0 Å². The van der Waals surface area contributed by atoms with Crippen LogP contribution in [0.25, 0.3) is 6.08 Å². The van der Waals surface area contributed by atoms with Crippen molar-refractivity contribution in [2.75, 3.05) is 19.7 Å². The fourth-order valence-electron chi connectivity index (χ4n) is 1.43. The second-order valence-electron chi connectivity index (χ2n) is 3.57. The number of aliphatic hydroxyl groups is 1. The third kappa shape index (κ3) is 5.12. The average molecular weight is 255 g/mol. The molecule has 5 heteroatoms. The summed E-state index contributed by atoms with van der Waals surface area (Å²) < 4.78 is 0. The van der Waals surface area contributed by atoms with Crippen molar-refractivity contribution in [1.29, 1.82) is 0 Å². The molecular formula is C12H17NO3S. The van der Waals surface area contributed by atoms with Gasteiger partial charge >= 0.3 is 5.97 Å². The zero-order valence-corrected chi connectivity index (χ0v) is 10.6. The van der Waals surface area contributed by atoms with Crippen LogP contribution in [0.1, 0.15) is 16.7 Å². The maximum Gasteiger partial charge on any atom is 0.328 e. The number of hydrogen-bond acceptors (Lipinski definition) is 4. The zero-order chi connectivity index (χ0) is 12.7. The van der Waals surface area contributed by atoms with E-state index in [1.165, 1.54) is 4.88 Å². The standard InChI is InChI=1S/C12H17NO3S/c1-2-13(7-8-14)9-11-4-3-10(17-11)5-6-12(15)16/h3-6,14H,2,7-9H2,1H3,(H,15,16).